The first-order valence-electron chi connectivity index (χ1n) is 7.56. The van der Waals surface area contributed by atoms with E-state index in [4.69, 9.17) is 4.74 Å². The standard InChI is InChI=1S/C15H26N2O5/c1-10(18)17-7-5-11(6-8-17)9-12(13(19)20)16-14(21)22-15(2,3)4/h11-12H,5-9H2,1-4H3,(H,16,21)(H,19,20)/t12-/m1/s1. The average molecular weight is 314 g/mol. The third kappa shape index (κ3) is 6.32. The quantitative estimate of drug-likeness (QED) is 0.822. The number of piperidine rings is 1. The number of amides is 2. The fraction of sp³-hybridized carbons (Fsp3) is 0.800. The van der Waals surface area contributed by atoms with Gasteiger partial charge in [-0.05, 0) is 46.0 Å². The molecule has 7 nitrogen and oxygen atoms in total. The lowest BCUT2D eigenvalue weighted by Gasteiger charge is -2.32. The molecule has 7 heteroatoms. The molecule has 22 heavy (non-hydrogen) atoms. The lowest BCUT2D eigenvalue weighted by molar-refractivity contribution is -0.140. The lowest BCUT2D eigenvalue weighted by Crippen LogP contribution is -2.46. The van der Waals surface area contributed by atoms with Crippen molar-refractivity contribution in [1.29, 1.82) is 0 Å². The molecule has 0 spiro atoms. The van der Waals surface area contributed by atoms with E-state index in [-0.39, 0.29) is 11.8 Å². The van der Waals surface area contributed by atoms with E-state index in [0.717, 1.165) is 12.8 Å². The van der Waals surface area contributed by atoms with Crippen molar-refractivity contribution in [1.82, 2.24) is 10.2 Å². The number of carbonyl (C=O) groups excluding carboxylic acids is 2. The van der Waals surface area contributed by atoms with E-state index >= 15 is 0 Å². The van der Waals surface area contributed by atoms with Gasteiger partial charge in [0.15, 0.2) is 0 Å². The van der Waals surface area contributed by atoms with E-state index in [2.05, 4.69) is 5.32 Å². The number of likely N-dealkylation sites (tertiary alicyclic amines) is 1. The molecular weight excluding hydrogens is 288 g/mol. The largest absolute Gasteiger partial charge is 0.480 e. The van der Waals surface area contributed by atoms with Crippen LogP contribution < -0.4 is 5.32 Å². The van der Waals surface area contributed by atoms with Crippen molar-refractivity contribution in [3.05, 3.63) is 0 Å². The second-order valence-corrected chi connectivity index (χ2v) is 6.72. The Morgan fingerprint density at radius 2 is 1.82 bits per heavy atom. The van der Waals surface area contributed by atoms with Crippen molar-refractivity contribution in [3.63, 3.8) is 0 Å². The normalized spacial score (nSPS) is 17.7. The molecular formula is C15H26N2O5. The number of ether oxygens (including phenoxy) is 1. The number of carboxylic acid groups (broad SMARTS) is 1. The van der Waals surface area contributed by atoms with Crippen molar-refractivity contribution < 1.29 is 24.2 Å². The van der Waals surface area contributed by atoms with Gasteiger partial charge in [0, 0.05) is 20.0 Å². The molecule has 1 heterocycles. The van der Waals surface area contributed by atoms with Gasteiger partial charge in [-0.25, -0.2) is 9.59 Å². The topological polar surface area (TPSA) is 95.9 Å². The Labute approximate surface area is 131 Å². The summed E-state index contributed by atoms with van der Waals surface area (Å²) in [7, 11) is 0. The number of nitrogens with zero attached hydrogens (tertiary/aromatic N) is 1. The summed E-state index contributed by atoms with van der Waals surface area (Å²) in [5.41, 5.74) is -0.667. The van der Waals surface area contributed by atoms with Crippen molar-refractivity contribution in [2.45, 2.75) is 58.6 Å². The van der Waals surface area contributed by atoms with Gasteiger partial charge >= 0.3 is 12.1 Å². The van der Waals surface area contributed by atoms with E-state index in [9.17, 15) is 19.5 Å². The third-order valence-electron chi connectivity index (χ3n) is 3.62. The number of hydrogen-bond donors (Lipinski definition) is 2. The van der Waals surface area contributed by atoms with Crippen LogP contribution in [0.5, 0.6) is 0 Å². The maximum Gasteiger partial charge on any atom is 0.408 e. The van der Waals surface area contributed by atoms with E-state index in [1.54, 1.807) is 25.7 Å². The first-order valence-corrected chi connectivity index (χ1v) is 7.56. The minimum Gasteiger partial charge on any atom is -0.480 e. The monoisotopic (exact) mass is 314 g/mol. The fourth-order valence-electron chi connectivity index (χ4n) is 2.49. The predicted octanol–water partition coefficient (Wildman–Crippen LogP) is 1.61. The number of hydrogen-bond acceptors (Lipinski definition) is 4. The first-order chi connectivity index (χ1) is 10.1. The molecule has 0 aliphatic carbocycles. The smallest absolute Gasteiger partial charge is 0.408 e. The minimum atomic E-state index is -1.07. The molecule has 0 unspecified atom stereocenters. The molecule has 0 aromatic carbocycles. The summed E-state index contributed by atoms with van der Waals surface area (Å²) in [4.78, 5) is 36.0. The van der Waals surface area contributed by atoms with Crippen molar-refractivity contribution in [2.24, 2.45) is 5.92 Å². The molecule has 126 valence electrons. The Morgan fingerprint density at radius 3 is 2.23 bits per heavy atom. The van der Waals surface area contributed by atoms with Gasteiger partial charge in [0.2, 0.25) is 5.91 Å². The van der Waals surface area contributed by atoms with Gasteiger partial charge in [-0.2, -0.15) is 0 Å². The van der Waals surface area contributed by atoms with Gasteiger partial charge in [-0.3, -0.25) is 4.79 Å². The number of carboxylic acids is 1. The van der Waals surface area contributed by atoms with E-state index in [1.807, 2.05) is 0 Å². The van der Waals surface area contributed by atoms with Crippen LogP contribution in [0.3, 0.4) is 0 Å². The van der Waals surface area contributed by atoms with Crippen LogP contribution in [0.2, 0.25) is 0 Å². The summed E-state index contributed by atoms with van der Waals surface area (Å²) in [6.45, 7) is 7.97. The molecule has 1 fully saturated rings. The zero-order valence-corrected chi connectivity index (χ0v) is 13.7. The highest BCUT2D eigenvalue weighted by Crippen LogP contribution is 2.22. The van der Waals surface area contributed by atoms with Crippen LogP contribution in [0.1, 0.15) is 47.0 Å². The number of alkyl carbamates (subject to hydrolysis) is 1. The van der Waals surface area contributed by atoms with Crippen molar-refractivity contribution >= 4 is 18.0 Å². The van der Waals surface area contributed by atoms with Gasteiger partial charge in [0.25, 0.3) is 0 Å². The zero-order chi connectivity index (χ0) is 16.9. The second kappa shape index (κ2) is 7.47. The summed E-state index contributed by atoms with van der Waals surface area (Å²) >= 11 is 0. The van der Waals surface area contributed by atoms with Crippen LogP contribution in [0.15, 0.2) is 0 Å². The van der Waals surface area contributed by atoms with Crippen molar-refractivity contribution in [2.75, 3.05) is 13.1 Å². The summed E-state index contributed by atoms with van der Waals surface area (Å²) in [5.74, 6) is -0.855. The molecule has 1 rings (SSSR count). The highest BCUT2D eigenvalue weighted by atomic mass is 16.6. The molecule has 0 bridgehead atoms. The number of nitrogens with one attached hydrogen (secondary N) is 1. The molecule has 2 amide bonds. The number of carbonyl (C=O) groups is 3. The van der Waals surface area contributed by atoms with E-state index in [0.29, 0.717) is 19.5 Å². The predicted molar refractivity (Wildman–Crippen MR) is 80.4 cm³/mol. The first kappa shape index (κ1) is 18.3. The Balaban J connectivity index is 2.50. The molecule has 1 aliphatic heterocycles. The average Bonchev–Trinajstić information content (AvgIpc) is 2.36. The Hall–Kier alpha value is -1.79. The molecule has 0 saturated carbocycles. The maximum atomic E-state index is 11.7. The van der Waals surface area contributed by atoms with Crippen LogP contribution in [-0.4, -0.2) is 52.7 Å². The minimum absolute atomic E-state index is 0.0418. The maximum absolute atomic E-state index is 11.7. The molecule has 0 aromatic heterocycles. The van der Waals surface area contributed by atoms with Crippen LogP contribution in [0.25, 0.3) is 0 Å². The van der Waals surface area contributed by atoms with Gasteiger partial charge in [-0.15, -0.1) is 0 Å². The van der Waals surface area contributed by atoms with E-state index in [1.165, 1.54) is 6.92 Å². The summed E-state index contributed by atoms with van der Waals surface area (Å²) in [6.07, 6.45) is 1.13. The molecule has 2 N–H and O–H groups in total. The third-order valence-corrected chi connectivity index (χ3v) is 3.62. The molecule has 0 aromatic rings. The van der Waals surface area contributed by atoms with Crippen LogP contribution >= 0.6 is 0 Å². The van der Waals surface area contributed by atoms with Crippen LogP contribution in [0.4, 0.5) is 4.79 Å². The van der Waals surface area contributed by atoms with Crippen LogP contribution in [-0.2, 0) is 14.3 Å². The van der Waals surface area contributed by atoms with Gasteiger partial charge < -0.3 is 20.1 Å². The highest BCUT2D eigenvalue weighted by Gasteiger charge is 2.29. The zero-order valence-electron chi connectivity index (χ0n) is 13.7. The lowest BCUT2D eigenvalue weighted by atomic mass is 9.90. The number of aliphatic carboxylic acids is 1. The van der Waals surface area contributed by atoms with Gasteiger partial charge in [-0.1, -0.05) is 0 Å². The Morgan fingerprint density at radius 1 is 1.27 bits per heavy atom. The molecule has 1 atom stereocenters. The number of rotatable bonds is 4. The van der Waals surface area contributed by atoms with Gasteiger partial charge in [0.1, 0.15) is 11.6 Å². The second-order valence-electron chi connectivity index (χ2n) is 6.72. The fourth-order valence-corrected chi connectivity index (χ4v) is 2.49. The van der Waals surface area contributed by atoms with E-state index < -0.39 is 23.7 Å². The highest BCUT2D eigenvalue weighted by molar-refractivity contribution is 5.80. The summed E-state index contributed by atoms with van der Waals surface area (Å²) < 4.78 is 5.09. The van der Waals surface area contributed by atoms with Crippen LogP contribution in [0, 0.1) is 5.92 Å². The molecule has 1 saturated heterocycles. The molecule has 1 aliphatic rings. The SMILES string of the molecule is CC(=O)N1CCC(C[C@@H](NC(=O)OC(C)(C)C)C(=O)O)CC1. The Kier molecular flexibility index (Phi) is 6.20. The molecule has 0 radical (unpaired) electrons. The summed E-state index contributed by atoms with van der Waals surface area (Å²) in [6, 6.07) is -0.969. The van der Waals surface area contributed by atoms with Gasteiger partial charge in [0.05, 0.1) is 0 Å². The Bertz CT molecular complexity index is 422. The summed E-state index contributed by atoms with van der Waals surface area (Å²) in [5, 5.41) is 11.7. The van der Waals surface area contributed by atoms with Crippen molar-refractivity contribution in [3.8, 4) is 0 Å².